The van der Waals surface area contributed by atoms with E-state index in [1.165, 1.54) is 7.11 Å². The molecule has 1 fully saturated rings. The second-order valence-corrected chi connectivity index (χ2v) is 3.50. The number of hydrogen-bond acceptors (Lipinski definition) is 4. The molecule has 1 aliphatic heterocycles. The summed E-state index contributed by atoms with van der Waals surface area (Å²) in [6, 6.07) is 0. The lowest BCUT2D eigenvalue weighted by atomic mass is 10.00. The molecule has 2 atom stereocenters. The quantitative estimate of drug-likeness (QED) is 0.437. The third-order valence-electron chi connectivity index (χ3n) is 1.86. The fraction of sp³-hybridized carbons (Fsp3) is 0.857. The second kappa shape index (κ2) is 3.97. The van der Waals surface area contributed by atoms with Crippen LogP contribution in [0.3, 0.4) is 0 Å². The molecular formula is C7H13NO2S. The van der Waals surface area contributed by atoms with E-state index in [0.29, 0.717) is 0 Å². The molecule has 11 heavy (non-hydrogen) atoms. The molecule has 64 valence electrons. The third-order valence-corrected chi connectivity index (χ3v) is 2.26. The molecule has 0 aliphatic carbocycles. The van der Waals surface area contributed by atoms with Crippen molar-refractivity contribution in [1.29, 1.82) is 0 Å². The lowest BCUT2D eigenvalue weighted by Gasteiger charge is -2.24. The Labute approximate surface area is 71.9 Å². The molecule has 1 saturated heterocycles. The number of rotatable bonds is 1. The average Bonchev–Trinajstić information content (AvgIpc) is 2.03. The number of thiol groups is 1. The number of piperidine rings is 1. The van der Waals surface area contributed by atoms with Crippen molar-refractivity contribution in [2.45, 2.75) is 11.7 Å². The predicted molar refractivity (Wildman–Crippen MR) is 45.8 cm³/mol. The molecular weight excluding hydrogens is 162 g/mol. The predicted octanol–water partition coefficient (Wildman–Crippen LogP) is 0.0673. The van der Waals surface area contributed by atoms with Crippen molar-refractivity contribution >= 4 is 18.6 Å². The van der Waals surface area contributed by atoms with E-state index in [0.717, 1.165) is 19.5 Å². The Morgan fingerprint density at radius 1 is 1.64 bits per heavy atom. The summed E-state index contributed by atoms with van der Waals surface area (Å²) >= 11 is 4.28. The topological polar surface area (TPSA) is 38.3 Å². The van der Waals surface area contributed by atoms with E-state index in [9.17, 15) is 4.79 Å². The normalized spacial score (nSPS) is 31.5. The molecule has 1 aliphatic rings. The van der Waals surface area contributed by atoms with Crippen LogP contribution in [-0.2, 0) is 9.53 Å². The zero-order chi connectivity index (χ0) is 8.27. The van der Waals surface area contributed by atoms with Gasteiger partial charge in [-0.25, -0.2) is 0 Å². The van der Waals surface area contributed by atoms with Gasteiger partial charge >= 0.3 is 5.97 Å². The Kier molecular flexibility index (Phi) is 3.20. The zero-order valence-electron chi connectivity index (χ0n) is 6.54. The Morgan fingerprint density at radius 3 is 2.91 bits per heavy atom. The van der Waals surface area contributed by atoms with Gasteiger partial charge in [0.2, 0.25) is 0 Å². The van der Waals surface area contributed by atoms with Gasteiger partial charge in [0.05, 0.1) is 13.0 Å². The fourth-order valence-corrected chi connectivity index (χ4v) is 1.65. The van der Waals surface area contributed by atoms with Crippen LogP contribution in [0.25, 0.3) is 0 Å². The van der Waals surface area contributed by atoms with Gasteiger partial charge in [-0.1, -0.05) is 0 Å². The van der Waals surface area contributed by atoms with Gasteiger partial charge in [0.1, 0.15) is 0 Å². The van der Waals surface area contributed by atoms with Gasteiger partial charge in [-0.05, 0) is 6.42 Å². The monoisotopic (exact) mass is 175 g/mol. The molecule has 0 radical (unpaired) electrons. The lowest BCUT2D eigenvalue weighted by Crippen LogP contribution is -2.40. The largest absolute Gasteiger partial charge is 0.469 e. The summed E-state index contributed by atoms with van der Waals surface area (Å²) in [5, 5.41) is 3.41. The van der Waals surface area contributed by atoms with Crippen LogP contribution in [0.15, 0.2) is 0 Å². The van der Waals surface area contributed by atoms with Crippen LogP contribution in [0.4, 0.5) is 0 Å². The van der Waals surface area contributed by atoms with Crippen LogP contribution in [0, 0.1) is 5.92 Å². The van der Waals surface area contributed by atoms with Gasteiger partial charge in [0.25, 0.3) is 0 Å². The first-order valence-corrected chi connectivity index (χ1v) is 4.22. The minimum atomic E-state index is -0.128. The third kappa shape index (κ3) is 2.38. The summed E-state index contributed by atoms with van der Waals surface area (Å²) < 4.78 is 4.63. The van der Waals surface area contributed by atoms with Crippen LogP contribution in [0.5, 0.6) is 0 Å². The maximum Gasteiger partial charge on any atom is 0.309 e. The van der Waals surface area contributed by atoms with Crippen molar-refractivity contribution in [2.75, 3.05) is 20.2 Å². The van der Waals surface area contributed by atoms with Crippen LogP contribution in [-0.4, -0.2) is 31.4 Å². The first kappa shape index (κ1) is 8.87. The van der Waals surface area contributed by atoms with Crippen molar-refractivity contribution in [3.63, 3.8) is 0 Å². The van der Waals surface area contributed by atoms with Crippen LogP contribution in [0.2, 0.25) is 0 Å². The number of ether oxygens (including phenoxy) is 1. The fourth-order valence-electron chi connectivity index (χ4n) is 1.27. The molecule has 0 unspecified atom stereocenters. The van der Waals surface area contributed by atoms with Crippen molar-refractivity contribution < 1.29 is 9.53 Å². The zero-order valence-corrected chi connectivity index (χ0v) is 7.43. The number of methoxy groups -OCH3 is 1. The van der Waals surface area contributed by atoms with Gasteiger partial charge in [0.15, 0.2) is 0 Å². The molecule has 3 nitrogen and oxygen atoms in total. The highest BCUT2D eigenvalue weighted by molar-refractivity contribution is 7.81. The summed E-state index contributed by atoms with van der Waals surface area (Å²) in [7, 11) is 1.42. The minimum absolute atomic E-state index is 0.00347. The first-order valence-electron chi connectivity index (χ1n) is 3.70. The smallest absolute Gasteiger partial charge is 0.309 e. The Morgan fingerprint density at radius 2 is 2.36 bits per heavy atom. The molecule has 0 saturated carbocycles. The van der Waals surface area contributed by atoms with E-state index in [1.54, 1.807) is 0 Å². The maximum atomic E-state index is 11.0. The standard InChI is InChI=1S/C7H13NO2S/c1-10-7(9)5-2-6(11)4-8-3-5/h5-6,8,11H,2-4H2,1H3/t5-,6-/m0/s1. The molecule has 0 aromatic rings. The molecule has 0 spiro atoms. The number of nitrogens with one attached hydrogen (secondary N) is 1. The van der Waals surface area contributed by atoms with Gasteiger partial charge in [0, 0.05) is 18.3 Å². The number of carbonyl (C=O) groups is 1. The van der Waals surface area contributed by atoms with Crippen molar-refractivity contribution in [1.82, 2.24) is 5.32 Å². The van der Waals surface area contributed by atoms with E-state index in [1.807, 2.05) is 0 Å². The Bertz CT molecular complexity index is 151. The highest BCUT2D eigenvalue weighted by Gasteiger charge is 2.25. The van der Waals surface area contributed by atoms with Crippen molar-refractivity contribution in [3.05, 3.63) is 0 Å². The van der Waals surface area contributed by atoms with E-state index in [4.69, 9.17) is 0 Å². The molecule has 0 bridgehead atoms. The molecule has 0 aromatic carbocycles. The summed E-state index contributed by atoms with van der Waals surface area (Å²) in [5.74, 6) is -0.132. The number of esters is 1. The maximum absolute atomic E-state index is 11.0. The van der Waals surface area contributed by atoms with Crippen molar-refractivity contribution in [2.24, 2.45) is 5.92 Å². The Balaban J connectivity index is 2.39. The molecule has 1 N–H and O–H groups in total. The molecule has 1 heterocycles. The average molecular weight is 175 g/mol. The lowest BCUT2D eigenvalue weighted by molar-refractivity contribution is -0.145. The van der Waals surface area contributed by atoms with E-state index >= 15 is 0 Å². The van der Waals surface area contributed by atoms with Crippen molar-refractivity contribution in [3.8, 4) is 0 Å². The molecule has 0 aromatic heterocycles. The van der Waals surface area contributed by atoms with Gasteiger partial charge in [-0.15, -0.1) is 0 Å². The summed E-state index contributed by atoms with van der Waals surface area (Å²) in [5.41, 5.74) is 0. The summed E-state index contributed by atoms with van der Waals surface area (Å²) in [6.45, 7) is 1.61. The van der Waals surface area contributed by atoms with Crippen LogP contribution >= 0.6 is 12.6 Å². The first-order chi connectivity index (χ1) is 5.24. The van der Waals surface area contributed by atoms with E-state index in [2.05, 4.69) is 22.7 Å². The van der Waals surface area contributed by atoms with E-state index in [-0.39, 0.29) is 17.1 Å². The summed E-state index contributed by atoms with van der Waals surface area (Å²) in [6.07, 6.45) is 0.822. The van der Waals surface area contributed by atoms with Crippen LogP contribution in [0.1, 0.15) is 6.42 Å². The highest BCUT2D eigenvalue weighted by atomic mass is 32.1. The molecule has 0 amide bonds. The van der Waals surface area contributed by atoms with E-state index < -0.39 is 0 Å². The second-order valence-electron chi connectivity index (χ2n) is 2.77. The van der Waals surface area contributed by atoms with Gasteiger partial charge in [-0.2, -0.15) is 12.6 Å². The highest BCUT2D eigenvalue weighted by Crippen LogP contribution is 2.15. The SMILES string of the molecule is COC(=O)[C@@H]1CNC[C@@H](S)C1. The minimum Gasteiger partial charge on any atom is -0.469 e. The van der Waals surface area contributed by atoms with Gasteiger partial charge < -0.3 is 10.1 Å². The molecule has 4 heteroatoms. The van der Waals surface area contributed by atoms with Gasteiger partial charge in [-0.3, -0.25) is 4.79 Å². The number of carbonyl (C=O) groups excluding carboxylic acids is 1. The number of hydrogen-bond donors (Lipinski definition) is 2. The molecule has 1 rings (SSSR count). The Hall–Kier alpha value is -0.220. The summed E-state index contributed by atoms with van der Waals surface area (Å²) in [4.78, 5) is 11.0. The van der Waals surface area contributed by atoms with Crippen LogP contribution < -0.4 is 5.32 Å².